The summed E-state index contributed by atoms with van der Waals surface area (Å²) in [5, 5.41) is 4.12. The molecule has 0 amide bonds. The predicted molar refractivity (Wildman–Crippen MR) is 229 cm³/mol. The van der Waals surface area contributed by atoms with E-state index in [1.54, 1.807) is 22.4 Å². The van der Waals surface area contributed by atoms with E-state index in [9.17, 15) is 0 Å². The zero-order chi connectivity index (χ0) is 36.6. The molecule has 0 spiro atoms. The molecule has 1 N–H and O–H groups in total. The maximum atomic E-state index is 4.12. The van der Waals surface area contributed by atoms with Crippen molar-refractivity contribution in [2.75, 3.05) is 6.54 Å². The summed E-state index contributed by atoms with van der Waals surface area (Å²) < 4.78 is 0. The van der Waals surface area contributed by atoms with Crippen molar-refractivity contribution in [2.45, 2.75) is 163 Å². The van der Waals surface area contributed by atoms with Crippen LogP contribution in [0.3, 0.4) is 0 Å². The molecule has 0 aromatic carbocycles. The fourth-order valence-electron chi connectivity index (χ4n) is 13.3. The van der Waals surface area contributed by atoms with Gasteiger partial charge in [-0.2, -0.15) is 0 Å². The molecule has 7 rings (SSSR count). The van der Waals surface area contributed by atoms with Crippen LogP contribution in [0.1, 0.15) is 163 Å². The molecular weight excluding hydrogens is 639 g/mol. The minimum atomic E-state index is 0.712. The van der Waals surface area contributed by atoms with Gasteiger partial charge in [0.25, 0.3) is 0 Å². The van der Waals surface area contributed by atoms with Gasteiger partial charge in [-0.15, -0.1) is 0 Å². The summed E-state index contributed by atoms with van der Waals surface area (Å²) in [6, 6.07) is 0. The monoisotopic (exact) mass is 718 g/mol. The number of nitrogens with one attached hydrogen (secondary N) is 1. The Labute approximate surface area is 327 Å². The Morgan fingerprint density at radius 3 is 2.26 bits per heavy atom. The average molecular weight is 718 g/mol. The zero-order valence-electron chi connectivity index (χ0n) is 34.8. The van der Waals surface area contributed by atoms with Gasteiger partial charge in [0.1, 0.15) is 0 Å². The SMILES string of the molecule is CC/C(C)=C\C(CC)C1C=CC(C(CCC(C)C2CCC(C3CC=CCC3C3C=CC=CC3)C3CCCCC23)CNC2=CC3=C(CCCC3)CC2)CC1. The van der Waals surface area contributed by atoms with Gasteiger partial charge in [0.2, 0.25) is 0 Å². The minimum absolute atomic E-state index is 0.712. The first-order valence-electron chi connectivity index (χ1n) is 23.5. The molecule has 53 heavy (non-hydrogen) atoms. The number of allylic oxidation sites excluding steroid dienone is 14. The largest absolute Gasteiger partial charge is 0.388 e. The highest BCUT2D eigenvalue weighted by Crippen LogP contribution is 2.55. The highest BCUT2D eigenvalue weighted by atomic mass is 14.9. The van der Waals surface area contributed by atoms with E-state index in [1.165, 1.54) is 141 Å². The van der Waals surface area contributed by atoms with Crippen LogP contribution in [0, 0.1) is 71.0 Å². The zero-order valence-corrected chi connectivity index (χ0v) is 34.8. The van der Waals surface area contributed by atoms with Crippen molar-refractivity contribution in [1.29, 1.82) is 0 Å². The Morgan fingerprint density at radius 2 is 1.49 bits per heavy atom. The molecule has 292 valence electrons. The first-order valence-corrected chi connectivity index (χ1v) is 23.5. The highest BCUT2D eigenvalue weighted by molar-refractivity contribution is 5.34. The van der Waals surface area contributed by atoms with Crippen LogP contribution in [0.5, 0.6) is 0 Å². The van der Waals surface area contributed by atoms with Gasteiger partial charge in [-0.25, -0.2) is 0 Å². The van der Waals surface area contributed by atoms with Gasteiger partial charge in [0, 0.05) is 12.2 Å². The second-order valence-electron chi connectivity index (χ2n) is 19.4. The molecule has 0 aliphatic heterocycles. The van der Waals surface area contributed by atoms with Crippen LogP contribution in [-0.2, 0) is 0 Å². The van der Waals surface area contributed by atoms with Gasteiger partial charge in [-0.1, -0.05) is 106 Å². The minimum Gasteiger partial charge on any atom is -0.388 e. The molecule has 1 nitrogen and oxygen atoms in total. The topological polar surface area (TPSA) is 12.0 Å². The number of fused-ring (bicyclic) bond motifs is 1. The first-order chi connectivity index (χ1) is 26.0. The van der Waals surface area contributed by atoms with Crippen LogP contribution in [0.2, 0.25) is 0 Å². The number of hydrogen-bond donors (Lipinski definition) is 1. The lowest BCUT2D eigenvalue weighted by atomic mass is 9.53. The van der Waals surface area contributed by atoms with Gasteiger partial charge in [-0.3, -0.25) is 0 Å². The average Bonchev–Trinajstić information content (AvgIpc) is 3.22. The molecule has 0 aromatic rings. The molecule has 7 aliphatic rings. The van der Waals surface area contributed by atoms with Crippen LogP contribution < -0.4 is 5.32 Å². The molecule has 0 aromatic heterocycles. The Bertz CT molecular complexity index is 1400. The van der Waals surface area contributed by atoms with E-state index >= 15 is 0 Å². The van der Waals surface area contributed by atoms with E-state index in [0.29, 0.717) is 5.92 Å². The van der Waals surface area contributed by atoms with Crippen LogP contribution in [0.4, 0.5) is 0 Å². The van der Waals surface area contributed by atoms with Crippen molar-refractivity contribution in [3.05, 3.63) is 83.2 Å². The van der Waals surface area contributed by atoms with Gasteiger partial charge in [0.05, 0.1) is 0 Å². The fourth-order valence-corrected chi connectivity index (χ4v) is 13.3. The van der Waals surface area contributed by atoms with Crippen LogP contribution in [0.25, 0.3) is 0 Å². The third-order valence-corrected chi connectivity index (χ3v) is 16.6. The molecular formula is C52H79N. The smallest absolute Gasteiger partial charge is 0.0177 e. The summed E-state index contributed by atoms with van der Waals surface area (Å²) in [6.07, 6.45) is 54.3. The lowest BCUT2D eigenvalue weighted by Gasteiger charge is -2.52. The van der Waals surface area contributed by atoms with Gasteiger partial charge >= 0.3 is 0 Å². The molecule has 0 saturated heterocycles. The Hall–Kier alpha value is -2.02. The molecule has 2 saturated carbocycles. The van der Waals surface area contributed by atoms with E-state index in [2.05, 4.69) is 93.8 Å². The standard InChI is InChI=1S/C52H79N/c1-5-37(3)34-39(6-2)41-26-28-42(29-27-41)45(36-53-46-31-30-40-16-10-11-19-44(40)35-46)25-24-38(4)47-32-33-52(51-23-15-14-21-49(47)51)50-22-13-12-20-48(50)43-17-8-7-9-18-43/h7-9,12-13,17,26,28,34-35,38-39,41-43,45,47-53H,5-6,10-11,14-16,18-25,27,29-33,36H2,1-4H3/b37-34-. The molecule has 1 heteroatoms. The van der Waals surface area contributed by atoms with Crippen molar-refractivity contribution in [3.63, 3.8) is 0 Å². The predicted octanol–water partition coefficient (Wildman–Crippen LogP) is 14.7. The molecule has 0 radical (unpaired) electrons. The molecule has 0 heterocycles. The van der Waals surface area contributed by atoms with E-state index in [0.717, 1.165) is 65.1 Å². The van der Waals surface area contributed by atoms with E-state index < -0.39 is 0 Å². The molecule has 0 bridgehead atoms. The summed E-state index contributed by atoms with van der Waals surface area (Å²) in [6.45, 7) is 10.9. The molecule has 12 unspecified atom stereocenters. The third-order valence-electron chi connectivity index (χ3n) is 16.6. The van der Waals surface area contributed by atoms with Gasteiger partial charge < -0.3 is 5.32 Å². The Kier molecular flexibility index (Phi) is 14.2. The summed E-state index contributed by atoms with van der Waals surface area (Å²) in [5.41, 5.74) is 6.59. The Morgan fingerprint density at radius 1 is 0.717 bits per heavy atom. The van der Waals surface area contributed by atoms with Crippen LogP contribution in [0.15, 0.2) is 83.2 Å². The first kappa shape index (κ1) is 39.2. The second-order valence-corrected chi connectivity index (χ2v) is 19.4. The van der Waals surface area contributed by atoms with E-state index in [-0.39, 0.29) is 0 Å². The van der Waals surface area contributed by atoms with Crippen LogP contribution >= 0.6 is 0 Å². The van der Waals surface area contributed by atoms with Crippen molar-refractivity contribution in [3.8, 4) is 0 Å². The van der Waals surface area contributed by atoms with E-state index in [1.807, 2.05) is 0 Å². The van der Waals surface area contributed by atoms with Crippen LogP contribution in [-0.4, -0.2) is 6.54 Å². The molecule has 2 fully saturated rings. The van der Waals surface area contributed by atoms with Crippen molar-refractivity contribution < 1.29 is 0 Å². The van der Waals surface area contributed by atoms with E-state index in [4.69, 9.17) is 0 Å². The lowest BCUT2D eigenvalue weighted by Crippen LogP contribution is -2.44. The van der Waals surface area contributed by atoms with Crippen molar-refractivity contribution >= 4 is 0 Å². The highest BCUT2D eigenvalue weighted by Gasteiger charge is 2.47. The summed E-state index contributed by atoms with van der Waals surface area (Å²) >= 11 is 0. The van der Waals surface area contributed by atoms with Gasteiger partial charge in [-0.05, 0) is 205 Å². The fraction of sp³-hybridized carbons (Fsp3) is 0.731. The number of rotatable bonds is 14. The quantitative estimate of drug-likeness (QED) is 0.176. The molecule has 12 atom stereocenters. The maximum Gasteiger partial charge on any atom is 0.0177 e. The second kappa shape index (κ2) is 19.2. The summed E-state index contributed by atoms with van der Waals surface area (Å²) in [5.74, 6) is 10.2. The summed E-state index contributed by atoms with van der Waals surface area (Å²) in [4.78, 5) is 0. The van der Waals surface area contributed by atoms with Gasteiger partial charge in [0.15, 0.2) is 0 Å². The maximum absolute atomic E-state index is 4.12. The normalized spacial score (nSPS) is 36.3. The third kappa shape index (κ3) is 9.69. The summed E-state index contributed by atoms with van der Waals surface area (Å²) in [7, 11) is 0. The lowest BCUT2D eigenvalue weighted by molar-refractivity contribution is -0.0212. The number of hydrogen-bond acceptors (Lipinski definition) is 1. The molecule has 7 aliphatic carbocycles. The van der Waals surface area contributed by atoms with Crippen molar-refractivity contribution in [1.82, 2.24) is 5.32 Å². The van der Waals surface area contributed by atoms with Crippen molar-refractivity contribution in [2.24, 2.45) is 71.0 Å². The Balaban J connectivity index is 1.02.